The lowest BCUT2D eigenvalue weighted by molar-refractivity contribution is 0.101. The first-order chi connectivity index (χ1) is 11.1. The van der Waals surface area contributed by atoms with Crippen LogP contribution in [0.3, 0.4) is 0 Å². The van der Waals surface area contributed by atoms with Crippen LogP contribution in [-0.4, -0.2) is 5.78 Å². The van der Waals surface area contributed by atoms with E-state index >= 15 is 0 Å². The minimum Gasteiger partial charge on any atom is -0.309 e. The van der Waals surface area contributed by atoms with E-state index in [4.69, 9.17) is 0 Å². The summed E-state index contributed by atoms with van der Waals surface area (Å²) < 4.78 is 14.1. The van der Waals surface area contributed by atoms with Crippen LogP contribution in [0.25, 0.3) is 11.1 Å². The van der Waals surface area contributed by atoms with E-state index in [0.29, 0.717) is 5.56 Å². The molecule has 0 saturated carbocycles. The summed E-state index contributed by atoms with van der Waals surface area (Å²) in [5.74, 6) is -0.0108. The molecule has 0 saturated heterocycles. The fraction of sp³-hybridized carbons (Fsp3) is 0.0500. The van der Waals surface area contributed by atoms with Crippen LogP contribution in [0, 0.1) is 0 Å². The molecule has 3 heteroatoms. The maximum absolute atomic E-state index is 14.1. The first-order valence-electron chi connectivity index (χ1n) is 7.53. The van der Waals surface area contributed by atoms with E-state index in [0.717, 1.165) is 27.0 Å². The lowest BCUT2D eigenvalue weighted by Gasteiger charge is -2.16. The molecule has 4 rings (SSSR count). The molecule has 0 aromatic heterocycles. The summed E-state index contributed by atoms with van der Waals surface area (Å²) in [4.78, 5) is 11.8. The van der Waals surface area contributed by atoms with E-state index in [2.05, 4.69) is 0 Å². The minimum atomic E-state index is -2.92. The van der Waals surface area contributed by atoms with Crippen LogP contribution in [0.1, 0.15) is 17.3 Å². The van der Waals surface area contributed by atoms with Gasteiger partial charge in [0.1, 0.15) is 0 Å². The third kappa shape index (κ3) is 1.95. The quantitative estimate of drug-likeness (QED) is 0.419. The van der Waals surface area contributed by atoms with Gasteiger partial charge in [0.05, 0.1) is 0 Å². The topological polar surface area (TPSA) is 34.1 Å². The van der Waals surface area contributed by atoms with E-state index in [1.54, 1.807) is 0 Å². The molecular formula is C20H15O2P. The highest BCUT2D eigenvalue weighted by Crippen LogP contribution is 2.52. The molecular weight excluding hydrogens is 303 g/mol. The Morgan fingerprint density at radius 3 is 2.17 bits per heavy atom. The second-order valence-corrected chi connectivity index (χ2v) is 8.45. The van der Waals surface area contributed by atoms with E-state index < -0.39 is 7.14 Å². The summed E-state index contributed by atoms with van der Waals surface area (Å²) in [7, 11) is -2.92. The number of carbonyl (C=O) groups excluding carboxylic acids is 1. The van der Waals surface area contributed by atoms with Crippen LogP contribution in [0.15, 0.2) is 72.8 Å². The third-order valence-corrected chi connectivity index (χ3v) is 7.54. The smallest absolute Gasteiger partial charge is 0.172 e. The number of benzene rings is 3. The zero-order valence-electron chi connectivity index (χ0n) is 12.7. The molecule has 3 aromatic rings. The highest BCUT2D eigenvalue weighted by molar-refractivity contribution is 7.86. The maximum Gasteiger partial charge on any atom is 0.172 e. The number of fused-ring (bicyclic) bond motifs is 3. The van der Waals surface area contributed by atoms with Crippen molar-refractivity contribution in [3.63, 3.8) is 0 Å². The highest BCUT2D eigenvalue weighted by atomic mass is 31.2. The molecule has 0 amide bonds. The SMILES string of the molecule is CC(=O)c1ccc2c(c1)P(=O)(c1ccccc1)c1ccccc1-2. The van der Waals surface area contributed by atoms with Gasteiger partial charge in [0, 0.05) is 21.5 Å². The summed E-state index contributed by atoms with van der Waals surface area (Å²) in [5.41, 5.74) is 2.58. The summed E-state index contributed by atoms with van der Waals surface area (Å²) in [5, 5.41) is 2.45. The summed E-state index contributed by atoms with van der Waals surface area (Å²) >= 11 is 0. The molecule has 112 valence electrons. The van der Waals surface area contributed by atoms with Gasteiger partial charge in [0.25, 0.3) is 0 Å². The maximum atomic E-state index is 14.1. The standard InChI is InChI=1S/C20H15O2P/c1-14(21)15-11-12-18-17-9-5-6-10-19(17)23(22,20(18)13-15)16-7-3-2-4-8-16/h2-13H,1H3. The fourth-order valence-electron chi connectivity index (χ4n) is 3.26. The Balaban J connectivity index is 2.10. The molecule has 0 bridgehead atoms. The molecule has 3 aromatic carbocycles. The molecule has 0 aliphatic carbocycles. The average molecular weight is 318 g/mol. The molecule has 2 nitrogen and oxygen atoms in total. The molecule has 1 atom stereocenters. The second-order valence-electron chi connectivity index (χ2n) is 5.75. The van der Waals surface area contributed by atoms with E-state index in [1.807, 2.05) is 72.8 Å². The van der Waals surface area contributed by atoms with Gasteiger partial charge in [0.15, 0.2) is 12.9 Å². The van der Waals surface area contributed by atoms with Gasteiger partial charge in [-0.3, -0.25) is 4.79 Å². The molecule has 0 fully saturated rings. The molecule has 0 radical (unpaired) electrons. The van der Waals surface area contributed by atoms with Crippen molar-refractivity contribution < 1.29 is 9.36 Å². The molecule has 0 N–H and O–H groups in total. The van der Waals surface area contributed by atoms with Crippen LogP contribution in [-0.2, 0) is 4.57 Å². The van der Waals surface area contributed by atoms with Gasteiger partial charge in [-0.15, -0.1) is 0 Å². The van der Waals surface area contributed by atoms with E-state index in [9.17, 15) is 9.36 Å². The van der Waals surface area contributed by atoms with Gasteiger partial charge in [-0.2, -0.15) is 0 Å². The average Bonchev–Trinajstić information content (AvgIpc) is 2.86. The Bertz CT molecular complexity index is 974. The predicted octanol–water partition coefficient (Wildman–Crippen LogP) is 3.51. The molecule has 1 unspecified atom stereocenters. The Morgan fingerprint density at radius 1 is 0.783 bits per heavy atom. The Hall–Kier alpha value is -2.44. The van der Waals surface area contributed by atoms with E-state index in [-0.39, 0.29) is 5.78 Å². The van der Waals surface area contributed by atoms with Crippen LogP contribution in [0.2, 0.25) is 0 Å². The van der Waals surface area contributed by atoms with Crippen molar-refractivity contribution >= 4 is 28.8 Å². The first kappa shape index (κ1) is 14.2. The number of rotatable bonds is 2. The summed E-state index contributed by atoms with van der Waals surface area (Å²) in [6.07, 6.45) is 0. The van der Waals surface area contributed by atoms with Crippen molar-refractivity contribution in [2.24, 2.45) is 0 Å². The number of Topliss-reactive ketones (excluding diaryl/α,β-unsaturated/α-hetero) is 1. The molecule has 0 spiro atoms. The number of ketones is 1. The third-order valence-electron chi connectivity index (χ3n) is 4.40. The number of hydrogen-bond acceptors (Lipinski definition) is 2. The summed E-state index contributed by atoms with van der Waals surface area (Å²) in [6.45, 7) is 1.54. The van der Waals surface area contributed by atoms with Crippen molar-refractivity contribution in [3.05, 3.63) is 78.4 Å². The number of hydrogen-bond donors (Lipinski definition) is 0. The van der Waals surface area contributed by atoms with Gasteiger partial charge < -0.3 is 4.57 Å². The van der Waals surface area contributed by atoms with Crippen molar-refractivity contribution in [2.45, 2.75) is 6.92 Å². The first-order valence-corrected chi connectivity index (χ1v) is 9.24. The van der Waals surface area contributed by atoms with Crippen LogP contribution < -0.4 is 15.9 Å². The lowest BCUT2D eigenvalue weighted by Crippen LogP contribution is -2.21. The predicted molar refractivity (Wildman–Crippen MR) is 94.8 cm³/mol. The van der Waals surface area contributed by atoms with Crippen LogP contribution >= 0.6 is 7.14 Å². The number of carbonyl (C=O) groups is 1. The van der Waals surface area contributed by atoms with Crippen molar-refractivity contribution in [1.82, 2.24) is 0 Å². The van der Waals surface area contributed by atoms with Gasteiger partial charge in [-0.05, 0) is 24.1 Å². The zero-order chi connectivity index (χ0) is 16.0. The minimum absolute atomic E-state index is 0.0108. The highest BCUT2D eigenvalue weighted by Gasteiger charge is 2.40. The van der Waals surface area contributed by atoms with Gasteiger partial charge in [-0.1, -0.05) is 66.7 Å². The monoisotopic (exact) mass is 318 g/mol. The van der Waals surface area contributed by atoms with Gasteiger partial charge >= 0.3 is 0 Å². The van der Waals surface area contributed by atoms with Gasteiger partial charge in [-0.25, -0.2) is 0 Å². The molecule has 23 heavy (non-hydrogen) atoms. The van der Waals surface area contributed by atoms with Crippen molar-refractivity contribution in [2.75, 3.05) is 0 Å². The van der Waals surface area contributed by atoms with E-state index in [1.165, 1.54) is 6.92 Å². The van der Waals surface area contributed by atoms with Crippen molar-refractivity contribution in [1.29, 1.82) is 0 Å². The molecule has 1 aliphatic heterocycles. The molecule has 1 heterocycles. The fourth-order valence-corrected chi connectivity index (χ4v) is 6.35. The lowest BCUT2D eigenvalue weighted by atomic mass is 10.0. The Labute approximate surface area is 135 Å². The van der Waals surface area contributed by atoms with Crippen molar-refractivity contribution in [3.8, 4) is 11.1 Å². The summed E-state index contributed by atoms with van der Waals surface area (Å²) in [6, 6.07) is 22.9. The largest absolute Gasteiger partial charge is 0.309 e. The van der Waals surface area contributed by atoms with Gasteiger partial charge in [0.2, 0.25) is 0 Å². The Morgan fingerprint density at radius 2 is 1.43 bits per heavy atom. The van der Waals surface area contributed by atoms with Crippen LogP contribution in [0.4, 0.5) is 0 Å². The normalized spacial score (nSPS) is 18.3. The zero-order valence-corrected chi connectivity index (χ0v) is 13.6. The Kier molecular flexibility index (Phi) is 3.11. The second kappa shape index (κ2) is 5.04. The molecule has 1 aliphatic rings. The van der Waals surface area contributed by atoms with Crippen LogP contribution in [0.5, 0.6) is 0 Å².